The fourth-order valence-corrected chi connectivity index (χ4v) is 8.25. The van der Waals surface area contributed by atoms with Crippen LogP contribution in [0.25, 0.3) is 0 Å². The first-order valence-electron chi connectivity index (χ1n) is 8.49. The normalized spacial score (nSPS) is 15.6. The van der Waals surface area contributed by atoms with Crippen molar-refractivity contribution in [3.63, 3.8) is 0 Å². The predicted molar refractivity (Wildman–Crippen MR) is 94.6 cm³/mol. The van der Waals surface area contributed by atoms with Crippen LogP contribution in [0, 0.1) is 0 Å². The van der Waals surface area contributed by atoms with E-state index in [0.29, 0.717) is 0 Å². The number of hydrogen-bond acceptors (Lipinski definition) is 7. The van der Waals surface area contributed by atoms with Gasteiger partial charge in [0.15, 0.2) is 0 Å². The summed E-state index contributed by atoms with van der Waals surface area (Å²) in [5, 5.41) is 0. The quantitative estimate of drug-likeness (QED) is 0.639. The van der Waals surface area contributed by atoms with E-state index in [9.17, 15) is 7.38 Å². The Morgan fingerprint density at radius 3 is 1.04 bits per heavy atom. The zero-order valence-electron chi connectivity index (χ0n) is 17.9. The average molecular weight is 418 g/mol. The molecule has 0 unspecified atom stereocenters. The van der Waals surface area contributed by atoms with Crippen LogP contribution in [0.4, 0.5) is 0 Å². The van der Waals surface area contributed by atoms with Crippen molar-refractivity contribution in [2.75, 3.05) is 0 Å². The molecule has 9 heteroatoms. The first-order valence-corrected chi connectivity index (χ1v) is 12.8. The Bertz CT molecular complexity index is 387. The van der Waals surface area contributed by atoms with Crippen LogP contribution in [-0.2, 0) is 37.7 Å². The Morgan fingerprint density at radius 1 is 0.560 bits per heavy atom. The SMILES string of the molecule is CC(C)(C)O[Si](OC(C)(C)C)(OC(C)(C)C)[O][Ti]([OH])([OH])[O]C(C)(C)C. The Balaban J connectivity index is 5.96. The van der Waals surface area contributed by atoms with E-state index in [-0.39, 0.29) is 0 Å². The summed E-state index contributed by atoms with van der Waals surface area (Å²) in [5.74, 6) is 0. The van der Waals surface area contributed by atoms with Gasteiger partial charge in [-0.15, -0.1) is 0 Å². The van der Waals surface area contributed by atoms with Gasteiger partial charge in [-0.2, -0.15) is 0 Å². The van der Waals surface area contributed by atoms with E-state index < -0.39 is 49.6 Å². The van der Waals surface area contributed by atoms with Gasteiger partial charge >= 0.3 is 160 Å². The first-order chi connectivity index (χ1) is 10.5. The van der Waals surface area contributed by atoms with Crippen molar-refractivity contribution in [2.24, 2.45) is 0 Å². The fourth-order valence-electron chi connectivity index (χ4n) is 1.83. The summed E-state index contributed by atoms with van der Waals surface area (Å²) in [7, 11) is -3.98. The molecule has 152 valence electrons. The third-order valence-electron chi connectivity index (χ3n) is 1.99. The summed E-state index contributed by atoms with van der Waals surface area (Å²) < 4.78 is 50.2. The summed E-state index contributed by atoms with van der Waals surface area (Å²) in [6, 6.07) is 0. The molecule has 2 N–H and O–H groups in total. The van der Waals surface area contributed by atoms with Crippen LogP contribution in [0.5, 0.6) is 0 Å². The van der Waals surface area contributed by atoms with Crippen LogP contribution >= 0.6 is 0 Å². The molecule has 7 nitrogen and oxygen atoms in total. The molecule has 0 spiro atoms. The van der Waals surface area contributed by atoms with Crippen LogP contribution in [0.3, 0.4) is 0 Å². The third kappa shape index (κ3) is 13.5. The van der Waals surface area contributed by atoms with Crippen LogP contribution < -0.4 is 0 Å². The molecular weight excluding hydrogens is 380 g/mol. The summed E-state index contributed by atoms with van der Waals surface area (Å²) in [6.45, 7) is 21.6. The van der Waals surface area contributed by atoms with Crippen molar-refractivity contribution in [1.82, 2.24) is 0 Å². The molecule has 0 amide bonds. The molecule has 0 aromatic rings. The van der Waals surface area contributed by atoms with E-state index in [1.807, 2.05) is 62.3 Å². The van der Waals surface area contributed by atoms with E-state index in [1.54, 1.807) is 20.8 Å². The molecule has 0 aliphatic heterocycles. The second-order valence-corrected chi connectivity index (χ2v) is 14.8. The predicted octanol–water partition coefficient (Wildman–Crippen LogP) is 3.50. The molecule has 0 saturated carbocycles. The van der Waals surface area contributed by atoms with Crippen molar-refractivity contribution in [1.29, 1.82) is 0 Å². The molecule has 0 fully saturated rings. The fraction of sp³-hybridized carbons (Fsp3) is 1.00. The molecule has 0 aliphatic carbocycles. The molecular formula is C16H38O7SiTi. The molecule has 0 radical (unpaired) electrons. The van der Waals surface area contributed by atoms with E-state index in [2.05, 4.69) is 0 Å². The van der Waals surface area contributed by atoms with E-state index in [1.165, 1.54) is 0 Å². The second kappa shape index (κ2) is 7.95. The van der Waals surface area contributed by atoms with Gasteiger partial charge in [-0.3, -0.25) is 0 Å². The van der Waals surface area contributed by atoms with Crippen LogP contribution in [0.15, 0.2) is 0 Å². The van der Waals surface area contributed by atoms with Gasteiger partial charge in [0.2, 0.25) is 0 Å². The molecule has 0 aromatic carbocycles. The standard InChI is InChI=1S/C12H27O4Si.C4H9O.2H2O.Ti/c1-10(2,3)14-17(13,15-11(4,5)6)16-12(7,8)9;1-4(2,3)5;;;/h1-9H3;1-3H3;2*1H2;/q2*-1;;;+4/p-2. The average Bonchev–Trinajstić information content (AvgIpc) is 1.97. The van der Waals surface area contributed by atoms with Crippen molar-refractivity contribution in [3.8, 4) is 0 Å². The summed E-state index contributed by atoms with van der Waals surface area (Å²) >= 11 is -5.16. The maximum atomic E-state index is 10.5. The Kier molecular flexibility index (Phi) is 8.16. The van der Waals surface area contributed by atoms with E-state index >= 15 is 0 Å². The monoisotopic (exact) mass is 418 g/mol. The number of rotatable bonds is 6. The van der Waals surface area contributed by atoms with Crippen LogP contribution in [-0.4, -0.2) is 38.8 Å². The maximum absolute atomic E-state index is 10.5. The molecule has 0 atom stereocenters. The van der Waals surface area contributed by atoms with Gasteiger partial charge in [-0.1, -0.05) is 0 Å². The molecule has 0 aliphatic rings. The molecule has 0 heterocycles. The van der Waals surface area contributed by atoms with Gasteiger partial charge < -0.3 is 0 Å². The van der Waals surface area contributed by atoms with E-state index in [0.717, 1.165) is 0 Å². The van der Waals surface area contributed by atoms with Gasteiger partial charge in [0.25, 0.3) is 0 Å². The topological polar surface area (TPSA) is 86.6 Å². The second-order valence-electron chi connectivity index (χ2n) is 10.0. The summed E-state index contributed by atoms with van der Waals surface area (Å²) in [4.78, 5) is 0. The van der Waals surface area contributed by atoms with Crippen LogP contribution in [0.2, 0.25) is 0 Å². The minimum atomic E-state index is -5.16. The number of hydrogen-bond donors (Lipinski definition) is 2. The Labute approximate surface area is 159 Å². The molecule has 0 saturated heterocycles. The molecule has 0 aromatic heterocycles. The van der Waals surface area contributed by atoms with Crippen molar-refractivity contribution >= 4 is 9.05 Å². The molecule has 0 rings (SSSR count). The van der Waals surface area contributed by atoms with Crippen molar-refractivity contribution in [3.05, 3.63) is 0 Å². The van der Waals surface area contributed by atoms with Gasteiger partial charge in [0, 0.05) is 0 Å². The van der Waals surface area contributed by atoms with Crippen molar-refractivity contribution < 1.29 is 45.1 Å². The van der Waals surface area contributed by atoms with Gasteiger partial charge in [0.1, 0.15) is 0 Å². The Morgan fingerprint density at radius 2 is 0.840 bits per heavy atom. The third-order valence-corrected chi connectivity index (χ3v) is 8.88. The van der Waals surface area contributed by atoms with Crippen molar-refractivity contribution in [2.45, 2.75) is 105 Å². The first kappa shape index (κ1) is 25.7. The minimum absolute atomic E-state index is 0.692. The molecule has 25 heavy (non-hydrogen) atoms. The zero-order valence-corrected chi connectivity index (χ0v) is 20.5. The van der Waals surface area contributed by atoms with E-state index in [4.69, 9.17) is 19.6 Å². The van der Waals surface area contributed by atoms with Gasteiger partial charge in [0.05, 0.1) is 0 Å². The summed E-state index contributed by atoms with van der Waals surface area (Å²) in [6.07, 6.45) is 0. The van der Waals surface area contributed by atoms with Gasteiger partial charge in [-0.25, -0.2) is 0 Å². The van der Waals surface area contributed by atoms with Gasteiger partial charge in [-0.05, 0) is 0 Å². The Hall–Kier alpha value is 0.651. The zero-order chi connectivity index (χ0) is 20.5. The molecule has 0 bridgehead atoms. The summed E-state index contributed by atoms with van der Waals surface area (Å²) in [5.41, 5.74) is -2.87. The van der Waals surface area contributed by atoms with Crippen LogP contribution in [0.1, 0.15) is 83.1 Å².